The molecule has 0 saturated heterocycles. The first kappa shape index (κ1) is 8.97. The van der Waals surface area contributed by atoms with E-state index < -0.39 is 0 Å². The fraction of sp³-hybridized carbons (Fsp3) is 1.00. The highest BCUT2D eigenvalue weighted by molar-refractivity contribution is 4.78. The first-order chi connectivity index (χ1) is 5.27. The maximum absolute atomic E-state index is 8.50. The lowest BCUT2D eigenvalue weighted by Crippen LogP contribution is -2.35. The standard InChI is InChI=1S/C8H16O3/c1-6-3-4-7(11-9)8(5-6)10-2/h6-9H,3-5H2,1-2H3. The second-order valence-electron chi connectivity index (χ2n) is 3.34. The number of rotatable bonds is 2. The average molecular weight is 160 g/mol. The first-order valence-electron chi connectivity index (χ1n) is 4.11. The minimum atomic E-state index is -0.115. The fourth-order valence-electron chi connectivity index (χ4n) is 1.67. The van der Waals surface area contributed by atoms with E-state index in [1.54, 1.807) is 7.11 Å². The van der Waals surface area contributed by atoms with E-state index in [2.05, 4.69) is 11.8 Å². The molecule has 0 bridgehead atoms. The molecule has 0 aromatic rings. The molecule has 0 aromatic heterocycles. The van der Waals surface area contributed by atoms with Crippen LogP contribution >= 0.6 is 0 Å². The predicted octanol–water partition coefficient (Wildman–Crippen LogP) is 1.68. The Hall–Kier alpha value is -0.120. The quantitative estimate of drug-likeness (QED) is 0.493. The maximum Gasteiger partial charge on any atom is 0.119 e. The summed E-state index contributed by atoms with van der Waals surface area (Å²) in [6.45, 7) is 2.19. The molecule has 1 N–H and O–H groups in total. The Bertz CT molecular complexity index is 116. The SMILES string of the molecule is COC1CC(C)CCC1OO. The lowest BCUT2D eigenvalue weighted by atomic mass is 9.86. The van der Waals surface area contributed by atoms with Crippen LogP contribution < -0.4 is 0 Å². The van der Waals surface area contributed by atoms with Crippen LogP contribution in [-0.2, 0) is 9.62 Å². The van der Waals surface area contributed by atoms with Gasteiger partial charge in [-0.3, -0.25) is 5.26 Å². The van der Waals surface area contributed by atoms with Crippen molar-refractivity contribution < 1.29 is 14.9 Å². The molecule has 1 saturated carbocycles. The van der Waals surface area contributed by atoms with Crippen LogP contribution in [0, 0.1) is 5.92 Å². The zero-order valence-electron chi connectivity index (χ0n) is 7.12. The van der Waals surface area contributed by atoms with Gasteiger partial charge in [-0.15, -0.1) is 0 Å². The van der Waals surface area contributed by atoms with Gasteiger partial charge >= 0.3 is 0 Å². The second kappa shape index (κ2) is 4.04. The van der Waals surface area contributed by atoms with Gasteiger partial charge in [0.1, 0.15) is 6.10 Å². The van der Waals surface area contributed by atoms with Crippen molar-refractivity contribution in [1.82, 2.24) is 0 Å². The Kier molecular flexibility index (Phi) is 3.30. The highest BCUT2D eigenvalue weighted by Crippen LogP contribution is 2.27. The number of hydrogen-bond acceptors (Lipinski definition) is 3. The molecule has 0 aliphatic heterocycles. The third kappa shape index (κ3) is 2.15. The van der Waals surface area contributed by atoms with Crippen molar-refractivity contribution in [3.05, 3.63) is 0 Å². The smallest absolute Gasteiger partial charge is 0.119 e. The minimum Gasteiger partial charge on any atom is -0.379 e. The van der Waals surface area contributed by atoms with Gasteiger partial charge in [0.2, 0.25) is 0 Å². The second-order valence-corrected chi connectivity index (χ2v) is 3.34. The molecule has 3 nitrogen and oxygen atoms in total. The van der Waals surface area contributed by atoms with Crippen LogP contribution in [0.15, 0.2) is 0 Å². The molecule has 66 valence electrons. The van der Waals surface area contributed by atoms with Crippen LogP contribution in [0.2, 0.25) is 0 Å². The van der Waals surface area contributed by atoms with Gasteiger partial charge in [-0.2, -0.15) is 0 Å². The number of ether oxygens (including phenoxy) is 1. The summed E-state index contributed by atoms with van der Waals surface area (Å²) in [5, 5.41) is 8.50. The van der Waals surface area contributed by atoms with E-state index in [1.165, 1.54) is 0 Å². The molecule has 11 heavy (non-hydrogen) atoms. The van der Waals surface area contributed by atoms with Crippen molar-refractivity contribution in [2.45, 2.75) is 38.4 Å². The topological polar surface area (TPSA) is 38.7 Å². The third-order valence-corrected chi connectivity index (χ3v) is 2.43. The Balaban J connectivity index is 2.41. The molecule has 1 fully saturated rings. The van der Waals surface area contributed by atoms with Gasteiger partial charge in [-0.05, 0) is 25.2 Å². The van der Waals surface area contributed by atoms with Gasteiger partial charge < -0.3 is 4.74 Å². The molecular weight excluding hydrogens is 144 g/mol. The molecule has 3 heteroatoms. The van der Waals surface area contributed by atoms with Crippen LogP contribution in [0.5, 0.6) is 0 Å². The van der Waals surface area contributed by atoms with E-state index in [4.69, 9.17) is 9.99 Å². The van der Waals surface area contributed by atoms with Crippen molar-refractivity contribution >= 4 is 0 Å². The van der Waals surface area contributed by atoms with Gasteiger partial charge in [0.15, 0.2) is 0 Å². The molecule has 0 spiro atoms. The molecule has 0 radical (unpaired) electrons. The van der Waals surface area contributed by atoms with E-state index in [1.807, 2.05) is 0 Å². The van der Waals surface area contributed by atoms with Crippen LogP contribution in [0.1, 0.15) is 26.2 Å². The number of methoxy groups -OCH3 is 1. The highest BCUT2D eigenvalue weighted by atomic mass is 17.1. The van der Waals surface area contributed by atoms with Gasteiger partial charge in [0.25, 0.3) is 0 Å². The van der Waals surface area contributed by atoms with Crippen LogP contribution in [0.25, 0.3) is 0 Å². The molecule has 1 rings (SSSR count). The molecule has 3 unspecified atom stereocenters. The maximum atomic E-state index is 8.50. The molecule has 1 aliphatic rings. The summed E-state index contributed by atoms with van der Waals surface area (Å²) < 4.78 is 5.18. The summed E-state index contributed by atoms with van der Waals surface area (Å²) in [4.78, 5) is 4.32. The van der Waals surface area contributed by atoms with Crippen molar-refractivity contribution in [2.24, 2.45) is 5.92 Å². The van der Waals surface area contributed by atoms with E-state index in [0.29, 0.717) is 5.92 Å². The van der Waals surface area contributed by atoms with Gasteiger partial charge in [0.05, 0.1) is 6.10 Å². The summed E-state index contributed by atoms with van der Waals surface area (Å²) in [5.74, 6) is 0.686. The molecule has 0 aromatic carbocycles. The molecule has 3 atom stereocenters. The first-order valence-corrected chi connectivity index (χ1v) is 4.11. The largest absolute Gasteiger partial charge is 0.379 e. The van der Waals surface area contributed by atoms with Crippen LogP contribution in [-0.4, -0.2) is 24.6 Å². The average Bonchev–Trinajstić information content (AvgIpc) is 2.04. The summed E-state index contributed by atoms with van der Waals surface area (Å²) in [7, 11) is 1.66. The predicted molar refractivity (Wildman–Crippen MR) is 41.3 cm³/mol. The van der Waals surface area contributed by atoms with Crippen molar-refractivity contribution in [3.8, 4) is 0 Å². The van der Waals surface area contributed by atoms with Gasteiger partial charge in [-0.25, -0.2) is 4.89 Å². The summed E-state index contributed by atoms with van der Waals surface area (Å²) in [6.07, 6.45) is 2.96. The molecule has 0 heterocycles. The molecule has 0 amide bonds. The van der Waals surface area contributed by atoms with Gasteiger partial charge in [0, 0.05) is 7.11 Å². The van der Waals surface area contributed by atoms with E-state index >= 15 is 0 Å². The van der Waals surface area contributed by atoms with E-state index in [9.17, 15) is 0 Å². The molecule has 1 aliphatic carbocycles. The van der Waals surface area contributed by atoms with Crippen molar-refractivity contribution in [3.63, 3.8) is 0 Å². The Morgan fingerprint density at radius 3 is 2.55 bits per heavy atom. The van der Waals surface area contributed by atoms with E-state index in [0.717, 1.165) is 19.3 Å². The van der Waals surface area contributed by atoms with Crippen molar-refractivity contribution in [2.75, 3.05) is 7.11 Å². The van der Waals surface area contributed by atoms with Crippen LogP contribution in [0.4, 0.5) is 0 Å². The fourth-order valence-corrected chi connectivity index (χ4v) is 1.67. The number of hydrogen-bond donors (Lipinski definition) is 1. The zero-order chi connectivity index (χ0) is 8.27. The third-order valence-electron chi connectivity index (χ3n) is 2.43. The van der Waals surface area contributed by atoms with Crippen molar-refractivity contribution in [1.29, 1.82) is 0 Å². The summed E-state index contributed by atoms with van der Waals surface area (Å²) in [6, 6.07) is 0. The highest BCUT2D eigenvalue weighted by Gasteiger charge is 2.29. The monoisotopic (exact) mass is 160 g/mol. The normalized spacial score (nSPS) is 39.0. The summed E-state index contributed by atoms with van der Waals surface area (Å²) in [5.41, 5.74) is 0. The molecular formula is C8H16O3. The lowest BCUT2D eigenvalue weighted by molar-refractivity contribution is -0.305. The van der Waals surface area contributed by atoms with Gasteiger partial charge in [-0.1, -0.05) is 6.92 Å². The minimum absolute atomic E-state index is 0.0729. The van der Waals surface area contributed by atoms with E-state index in [-0.39, 0.29) is 12.2 Å². The Morgan fingerprint density at radius 2 is 2.00 bits per heavy atom. The van der Waals surface area contributed by atoms with Crippen LogP contribution in [0.3, 0.4) is 0 Å². The Morgan fingerprint density at radius 1 is 1.27 bits per heavy atom. The summed E-state index contributed by atoms with van der Waals surface area (Å²) >= 11 is 0. The lowest BCUT2D eigenvalue weighted by Gasteiger charge is -2.31. The Labute approximate surface area is 67.2 Å². The zero-order valence-corrected chi connectivity index (χ0v) is 7.12.